The van der Waals surface area contributed by atoms with Crippen molar-refractivity contribution in [2.75, 3.05) is 21.0 Å². The number of amides is 2. The highest BCUT2D eigenvalue weighted by atomic mass is 16.7. The van der Waals surface area contributed by atoms with Crippen molar-refractivity contribution < 1.29 is 33.6 Å². The molecule has 0 spiro atoms. The number of ether oxygens (including phenoxy) is 4. The molecule has 0 saturated heterocycles. The Morgan fingerprint density at radius 1 is 0.944 bits per heavy atom. The average molecular weight is 489 g/mol. The van der Waals surface area contributed by atoms with Crippen LogP contribution in [0.1, 0.15) is 21.5 Å². The second kappa shape index (κ2) is 11.0. The number of methoxy groups -OCH3 is 2. The van der Waals surface area contributed by atoms with Gasteiger partial charge in [-0.05, 0) is 48.0 Å². The average Bonchev–Trinajstić information content (AvgIpc) is 3.37. The van der Waals surface area contributed by atoms with Gasteiger partial charge < -0.3 is 29.4 Å². The van der Waals surface area contributed by atoms with Gasteiger partial charge in [-0.1, -0.05) is 24.3 Å². The zero-order valence-corrected chi connectivity index (χ0v) is 19.5. The van der Waals surface area contributed by atoms with Crippen LogP contribution in [0.3, 0.4) is 0 Å². The number of hydrogen-bond acceptors (Lipinski definition) is 8. The summed E-state index contributed by atoms with van der Waals surface area (Å²) in [5.41, 5.74) is 3.84. The molecular weight excluding hydrogens is 466 g/mol. The van der Waals surface area contributed by atoms with Gasteiger partial charge in [0, 0.05) is 11.1 Å². The lowest BCUT2D eigenvalue weighted by atomic mass is 10.1. The third kappa shape index (κ3) is 5.55. The largest absolute Gasteiger partial charge is 0.502 e. The van der Waals surface area contributed by atoms with Gasteiger partial charge in [0.25, 0.3) is 11.8 Å². The highest BCUT2D eigenvalue weighted by Gasteiger charge is 2.17. The normalized spacial score (nSPS) is 12.3. The Morgan fingerprint density at radius 3 is 2.33 bits per heavy atom. The molecule has 4 rings (SSSR count). The minimum Gasteiger partial charge on any atom is -0.502 e. The molecule has 0 saturated carbocycles. The summed E-state index contributed by atoms with van der Waals surface area (Å²) in [5, 5.41) is 16.6. The first-order valence-corrected chi connectivity index (χ1v) is 10.7. The number of carbonyl (C=O) groups is 2. The third-order valence-electron chi connectivity index (χ3n) is 5.12. The Hall–Kier alpha value is -4.99. The van der Waals surface area contributed by atoms with Crippen LogP contribution in [-0.2, 0) is 4.79 Å². The summed E-state index contributed by atoms with van der Waals surface area (Å²) in [6.45, 7) is 0.113. The van der Waals surface area contributed by atoms with E-state index in [0.717, 1.165) is 0 Å². The van der Waals surface area contributed by atoms with Gasteiger partial charge in [-0.3, -0.25) is 9.59 Å². The van der Waals surface area contributed by atoms with Crippen LogP contribution in [0, 0.1) is 0 Å². The van der Waals surface area contributed by atoms with Gasteiger partial charge in [-0.25, -0.2) is 5.43 Å². The number of carbonyl (C=O) groups excluding carboxylic acids is 2. The molecule has 0 fully saturated rings. The summed E-state index contributed by atoms with van der Waals surface area (Å²) < 4.78 is 21.0. The second-order valence-corrected chi connectivity index (χ2v) is 7.46. The molecule has 2 amide bonds. The van der Waals surface area contributed by atoms with E-state index in [-0.39, 0.29) is 29.7 Å². The summed E-state index contributed by atoms with van der Waals surface area (Å²) in [7, 11) is 2.81. The van der Waals surface area contributed by atoms with Gasteiger partial charge in [-0.2, -0.15) is 5.10 Å². The van der Waals surface area contributed by atoms with Crippen LogP contribution < -0.4 is 29.7 Å². The third-order valence-corrected chi connectivity index (χ3v) is 5.12. The van der Waals surface area contributed by atoms with E-state index in [1.54, 1.807) is 48.5 Å². The number of hydrogen-bond donors (Lipinski definition) is 3. The smallest absolute Gasteiger partial charge is 0.287 e. The topological polar surface area (TPSA) is 128 Å². The molecule has 0 aliphatic carbocycles. The van der Waals surface area contributed by atoms with Crippen molar-refractivity contribution in [2.45, 2.75) is 0 Å². The van der Waals surface area contributed by atoms with Gasteiger partial charge in [0.1, 0.15) is 5.70 Å². The SMILES string of the molecule is COc1cc(C=NNC(=O)C(=Cc2ccc3c(c2)OCO3)NC(=O)c2ccccc2)cc(OC)c1O. The molecule has 184 valence electrons. The molecule has 0 unspecified atom stereocenters. The molecule has 1 aliphatic rings. The van der Waals surface area contributed by atoms with Crippen molar-refractivity contribution >= 4 is 24.1 Å². The lowest BCUT2D eigenvalue weighted by molar-refractivity contribution is -0.117. The molecule has 10 heteroatoms. The number of nitrogens with zero attached hydrogens (tertiary/aromatic N) is 1. The summed E-state index contributed by atoms with van der Waals surface area (Å²) in [5.74, 6) is 0.211. The zero-order chi connectivity index (χ0) is 25.5. The Kier molecular flexibility index (Phi) is 7.35. The number of nitrogens with one attached hydrogen (secondary N) is 2. The number of aromatic hydroxyl groups is 1. The number of phenolic OH excluding ortho intramolecular Hbond substituents is 1. The van der Waals surface area contributed by atoms with Crippen LogP contribution in [0.4, 0.5) is 0 Å². The van der Waals surface area contributed by atoms with Gasteiger partial charge >= 0.3 is 0 Å². The quantitative estimate of drug-likeness (QED) is 0.252. The first-order chi connectivity index (χ1) is 17.5. The number of hydrazone groups is 1. The molecular formula is C26H23N3O7. The molecule has 3 aromatic carbocycles. The van der Waals surface area contributed by atoms with Crippen molar-refractivity contribution in [2.24, 2.45) is 5.10 Å². The van der Waals surface area contributed by atoms with E-state index in [1.165, 1.54) is 38.6 Å². The predicted molar refractivity (Wildman–Crippen MR) is 131 cm³/mol. The van der Waals surface area contributed by atoms with E-state index in [4.69, 9.17) is 18.9 Å². The first kappa shape index (κ1) is 24.1. The summed E-state index contributed by atoms with van der Waals surface area (Å²) >= 11 is 0. The number of fused-ring (bicyclic) bond motifs is 1. The lowest BCUT2D eigenvalue weighted by Gasteiger charge is -2.10. The summed E-state index contributed by atoms with van der Waals surface area (Å²) in [4.78, 5) is 25.7. The van der Waals surface area contributed by atoms with Crippen molar-refractivity contribution in [3.63, 3.8) is 0 Å². The van der Waals surface area contributed by atoms with Crippen LogP contribution >= 0.6 is 0 Å². The Morgan fingerprint density at radius 2 is 1.64 bits per heavy atom. The van der Waals surface area contributed by atoms with E-state index < -0.39 is 11.8 Å². The number of benzene rings is 3. The minimum absolute atomic E-state index is 0.0410. The van der Waals surface area contributed by atoms with Crippen LogP contribution in [0.5, 0.6) is 28.7 Å². The van der Waals surface area contributed by atoms with E-state index in [1.807, 2.05) is 0 Å². The van der Waals surface area contributed by atoms with Crippen molar-refractivity contribution in [1.82, 2.24) is 10.7 Å². The number of rotatable bonds is 8. The van der Waals surface area contributed by atoms with Gasteiger partial charge in [0.2, 0.25) is 12.5 Å². The highest BCUT2D eigenvalue weighted by molar-refractivity contribution is 6.05. The molecule has 3 aromatic rings. The molecule has 0 aromatic heterocycles. The fraction of sp³-hybridized carbons (Fsp3) is 0.115. The van der Waals surface area contributed by atoms with Gasteiger partial charge in [0.05, 0.1) is 20.4 Å². The molecule has 3 N–H and O–H groups in total. The van der Waals surface area contributed by atoms with Crippen molar-refractivity contribution in [3.05, 3.63) is 83.1 Å². The fourth-order valence-electron chi connectivity index (χ4n) is 3.33. The number of phenols is 1. The summed E-state index contributed by atoms with van der Waals surface area (Å²) in [6, 6.07) is 16.7. The molecule has 0 radical (unpaired) electrons. The minimum atomic E-state index is -0.661. The zero-order valence-electron chi connectivity index (χ0n) is 19.5. The van der Waals surface area contributed by atoms with Crippen molar-refractivity contribution in [1.29, 1.82) is 0 Å². The monoisotopic (exact) mass is 489 g/mol. The standard InChI is InChI=1S/C26H23N3O7/c1-33-22-12-17(13-23(34-2)24(22)30)14-27-29-26(32)19(28-25(31)18-6-4-3-5-7-18)10-16-8-9-20-21(11-16)36-15-35-20/h3-14,30H,15H2,1-2H3,(H,28,31)(H,29,32). The van der Waals surface area contributed by atoms with Crippen LogP contribution in [0.2, 0.25) is 0 Å². The van der Waals surface area contributed by atoms with Crippen LogP contribution in [0.15, 0.2) is 71.5 Å². The Labute approximate surface area is 206 Å². The molecule has 0 bridgehead atoms. The maximum absolute atomic E-state index is 13.0. The molecule has 1 aliphatic heterocycles. The lowest BCUT2D eigenvalue weighted by Crippen LogP contribution is -2.32. The maximum atomic E-state index is 13.0. The maximum Gasteiger partial charge on any atom is 0.287 e. The Bertz CT molecular complexity index is 1310. The van der Waals surface area contributed by atoms with E-state index in [9.17, 15) is 14.7 Å². The summed E-state index contributed by atoms with van der Waals surface area (Å²) in [6.07, 6.45) is 2.85. The first-order valence-electron chi connectivity index (χ1n) is 10.7. The van der Waals surface area contributed by atoms with E-state index >= 15 is 0 Å². The van der Waals surface area contributed by atoms with E-state index in [2.05, 4.69) is 15.8 Å². The van der Waals surface area contributed by atoms with Gasteiger partial charge in [0.15, 0.2) is 23.0 Å². The van der Waals surface area contributed by atoms with Crippen molar-refractivity contribution in [3.8, 4) is 28.7 Å². The second-order valence-electron chi connectivity index (χ2n) is 7.46. The van der Waals surface area contributed by atoms with Crippen LogP contribution in [0.25, 0.3) is 6.08 Å². The molecule has 36 heavy (non-hydrogen) atoms. The fourth-order valence-corrected chi connectivity index (χ4v) is 3.33. The Balaban J connectivity index is 1.57. The molecule has 10 nitrogen and oxygen atoms in total. The molecule has 0 atom stereocenters. The predicted octanol–water partition coefficient (Wildman–Crippen LogP) is 3.06. The van der Waals surface area contributed by atoms with E-state index in [0.29, 0.717) is 28.2 Å². The van der Waals surface area contributed by atoms with Gasteiger partial charge in [-0.15, -0.1) is 0 Å². The molecule has 1 heterocycles. The van der Waals surface area contributed by atoms with Crippen LogP contribution in [-0.4, -0.2) is 44.1 Å². The highest BCUT2D eigenvalue weighted by Crippen LogP contribution is 2.36.